The van der Waals surface area contributed by atoms with Gasteiger partial charge in [-0.25, -0.2) is 0 Å². The zero-order chi connectivity index (χ0) is 20.8. The standard InChI is InChI=1S/C27H21.2ClH.Zr/c1-3-7-20(8-4-1)15-22-11-13-24-19-25-14-12-23(18-27(25)26(24)17-22)16-21-9-5-2-6-10-21;;;/h1-14,17-19H,15-16H2;2*1H;/q;;;+2/p-2. The zero-order valence-corrected chi connectivity index (χ0v) is 20.5. The summed E-state index contributed by atoms with van der Waals surface area (Å²) in [6, 6.07) is 35.2. The molecule has 0 N–H and O–H groups in total. The average molecular weight is 508 g/mol. The number of benzene rings is 4. The fourth-order valence-electron chi connectivity index (χ4n) is 3.98. The first kappa shape index (κ1) is 21.6. The van der Waals surface area contributed by atoms with E-state index in [0.717, 1.165) is 12.8 Å². The molecule has 0 spiro atoms. The molecule has 0 heterocycles. The van der Waals surface area contributed by atoms with Crippen molar-refractivity contribution >= 4 is 17.0 Å². The van der Waals surface area contributed by atoms with Gasteiger partial charge in [0.25, 0.3) is 0 Å². The molecule has 1 aliphatic rings. The van der Waals surface area contributed by atoms with E-state index in [0.29, 0.717) is 0 Å². The van der Waals surface area contributed by atoms with Gasteiger partial charge in [0.05, 0.1) is 0 Å². The van der Waals surface area contributed by atoms with Crippen LogP contribution in [0.15, 0.2) is 97.1 Å². The summed E-state index contributed by atoms with van der Waals surface area (Å²) in [5.41, 5.74) is 10.9. The van der Waals surface area contributed by atoms with E-state index in [4.69, 9.17) is 17.0 Å². The quantitative estimate of drug-likeness (QED) is 0.233. The summed E-state index contributed by atoms with van der Waals surface area (Å²) >= 11 is -0.826. The van der Waals surface area contributed by atoms with Crippen molar-refractivity contribution in [2.45, 2.75) is 12.8 Å². The van der Waals surface area contributed by atoms with Gasteiger partial charge in [-0.15, -0.1) is 0 Å². The van der Waals surface area contributed by atoms with E-state index in [9.17, 15) is 0 Å². The van der Waals surface area contributed by atoms with Gasteiger partial charge in [0.2, 0.25) is 0 Å². The predicted molar refractivity (Wildman–Crippen MR) is 125 cm³/mol. The van der Waals surface area contributed by atoms with Crippen molar-refractivity contribution < 1.29 is 20.8 Å². The van der Waals surface area contributed by atoms with Crippen LogP contribution in [0.3, 0.4) is 0 Å². The van der Waals surface area contributed by atoms with Crippen LogP contribution >= 0.6 is 17.0 Å². The molecule has 0 nitrogen and oxygen atoms in total. The van der Waals surface area contributed by atoms with Gasteiger partial charge in [-0.2, -0.15) is 0 Å². The van der Waals surface area contributed by atoms with Gasteiger partial charge >= 0.3 is 37.9 Å². The molecule has 0 saturated carbocycles. The minimum atomic E-state index is -0.826. The second kappa shape index (κ2) is 10.6. The molecule has 147 valence electrons. The van der Waals surface area contributed by atoms with E-state index < -0.39 is 20.8 Å². The fourth-order valence-corrected chi connectivity index (χ4v) is 3.98. The number of hydrogen-bond acceptors (Lipinski definition) is 0. The van der Waals surface area contributed by atoms with Crippen LogP contribution in [0.5, 0.6) is 0 Å². The van der Waals surface area contributed by atoms with E-state index in [2.05, 4.69) is 103 Å². The molecule has 0 bridgehead atoms. The van der Waals surface area contributed by atoms with Crippen molar-refractivity contribution in [2.75, 3.05) is 0 Å². The second-order valence-corrected chi connectivity index (χ2v) is 11.1. The summed E-state index contributed by atoms with van der Waals surface area (Å²) in [5, 5.41) is 0. The topological polar surface area (TPSA) is 0 Å². The van der Waals surface area contributed by atoms with Crippen LogP contribution in [-0.4, -0.2) is 0 Å². The Morgan fingerprint density at radius 1 is 0.500 bits per heavy atom. The van der Waals surface area contributed by atoms with Gasteiger partial charge in [-0.1, -0.05) is 97.1 Å². The molecule has 30 heavy (non-hydrogen) atoms. The van der Waals surface area contributed by atoms with Crippen LogP contribution in [0, 0.1) is 6.42 Å². The average Bonchev–Trinajstić information content (AvgIpc) is 3.13. The van der Waals surface area contributed by atoms with Crippen LogP contribution in [0.4, 0.5) is 0 Å². The molecule has 1 aliphatic carbocycles. The molecule has 0 saturated heterocycles. The Hall–Kier alpha value is -1.66. The summed E-state index contributed by atoms with van der Waals surface area (Å²) in [5.74, 6) is 0. The molecule has 0 fully saturated rings. The molecular formula is C27H21Cl2Zr. The normalized spacial score (nSPS) is 11.1. The van der Waals surface area contributed by atoms with Gasteiger partial charge in [-0.3, -0.25) is 0 Å². The van der Waals surface area contributed by atoms with Crippen molar-refractivity contribution in [3.05, 3.63) is 137 Å². The number of halogens is 2. The van der Waals surface area contributed by atoms with E-state index >= 15 is 0 Å². The molecule has 0 aliphatic heterocycles. The van der Waals surface area contributed by atoms with E-state index in [1.165, 1.54) is 44.5 Å². The van der Waals surface area contributed by atoms with E-state index in [1.807, 2.05) is 0 Å². The van der Waals surface area contributed by atoms with Crippen LogP contribution in [-0.2, 0) is 33.7 Å². The molecule has 0 amide bonds. The summed E-state index contributed by atoms with van der Waals surface area (Å²) in [4.78, 5) is 0. The van der Waals surface area contributed by atoms with Crippen LogP contribution in [0.1, 0.15) is 33.4 Å². The third-order valence-corrected chi connectivity index (χ3v) is 5.34. The first-order chi connectivity index (χ1) is 14.8. The Bertz CT molecular complexity index is 1020. The Kier molecular flexibility index (Phi) is 7.61. The molecule has 0 aromatic heterocycles. The van der Waals surface area contributed by atoms with Crippen LogP contribution < -0.4 is 0 Å². The van der Waals surface area contributed by atoms with Gasteiger partial charge in [0.15, 0.2) is 0 Å². The summed E-state index contributed by atoms with van der Waals surface area (Å²) in [6.45, 7) is 0. The summed E-state index contributed by atoms with van der Waals surface area (Å²) in [7, 11) is 9.87. The minimum absolute atomic E-state index is 0.826. The van der Waals surface area contributed by atoms with Crippen molar-refractivity contribution in [1.29, 1.82) is 0 Å². The molecule has 4 aromatic rings. The number of fused-ring (bicyclic) bond motifs is 3. The van der Waals surface area contributed by atoms with E-state index in [1.54, 1.807) is 0 Å². The third kappa shape index (κ3) is 5.33. The zero-order valence-electron chi connectivity index (χ0n) is 16.5. The van der Waals surface area contributed by atoms with Gasteiger partial charge in [0, 0.05) is 6.42 Å². The molecule has 4 aromatic carbocycles. The van der Waals surface area contributed by atoms with Crippen molar-refractivity contribution in [3.8, 4) is 11.1 Å². The SMILES string of the molecule is [CH]1c2ccc(Cc3ccccc3)cc2-c2cc(Cc3ccccc3)ccc21.[Cl][Zr][Cl]. The maximum absolute atomic E-state index is 4.93. The fraction of sp³-hybridized carbons (Fsp3) is 0.0741. The Balaban J connectivity index is 0.000000687. The number of rotatable bonds is 4. The molecule has 5 rings (SSSR count). The Morgan fingerprint density at radius 3 is 1.30 bits per heavy atom. The Labute approximate surface area is 197 Å². The van der Waals surface area contributed by atoms with Gasteiger partial charge in [-0.05, 0) is 57.3 Å². The van der Waals surface area contributed by atoms with Gasteiger partial charge in [0.1, 0.15) is 0 Å². The summed E-state index contributed by atoms with van der Waals surface area (Å²) in [6.07, 6.45) is 4.27. The van der Waals surface area contributed by atoms with Crippen molar-refractivity contribution in [3.63, 3.8) is 0 Å². The van der Waals surface area contributed by atoms with E-state index in [-0.39, 0.29) is 0 Å². The summed E-state index contributed by atoms with van der Waals surface area (Å²) < 4.78 is 0. The second-order valence-electron chi connectivity index (χ2n) is 7.38. The first-order valence-corrected chi connectivity index (χ1v) is 16.2. The van der Waals surface area contributed by atoms with Crippen molar-refractivity contribution in [1.82, 2.24) is 0 Å². The van der Waals surface area contributed by atoms with Crippen LogP contribution in [0.2, 0.25) is 0 Å². The predicted octanol–water partition coefficient (Wildman–Crippen LogP) is 7.83. The van der Waals surface area contributed by atoms with Crippen LogP contribution in [0.25, 0.3) is 11.1 Å². The monoisotopic (exact) mass is 505 g/mol. The first-order valence-electron chi connectivity index (χ1n) is 9.92. The Morgan fingerprint density at radius 2 is 0.900 bits per heavy atom. The molecule has 0 unspecified atom stereocenters. The maximum atomic E-state index is 4.93. The molecule has 3 heteroatoms. The van der Waals surface area contributed by atoms with Gasteiger partial charge < -0.3 is 0 Å². The third-order valence-electron chi connectivity index (χ3n) is 5.34. The molecule has 1 radical (unpaired) electrons. The molecule has 0 atom stereocenters. The van der Waals surface area contributed by atoms with Crippen molar-refractivity contribution in [2.24, 2.45) is 0 Å². The number of hydrogen-bond donors (Lipinski definition) is 0. The molecular weight excluding hydrogens is 486 g/mol.